The number of pyridine rings is 1. The number of rotatable bonds is 15. The summed E-state index contributed by atoms with van der Waals surface area (Å²) >= 11 is 6.07. The number of nitrogens with zero attached hydrogens (tertiary/aromatic N) is 3. The first-order valence-corrected chi connectivity index (χ1v) is 15.9. The lowest BCUT2D eigenvalue weighted by atomic mass is 9.87. The molecule has 1 heterocycles. The molecule has 0 bridgehead atoms. The molecule has 3 N–H and O–H groups in total. The van der Waals surface area contributed by atoms with Crippen molar-refractivity contribution in [3.05, 3.63) is 70.1 Å². The highest BCUT2D eigenvalue weighted by molar-refractivity contribution is 6.30. The fraction of sp³-hybridized carbons (Fsp3) is 0.545. The van der Waals surface area contributed by atoms with Crippen molar-refractivity contribution in [3.63, 3.8) is 0 Å². The predicted octanol–water partition coefficient (Wildman–Crippen LogP) is 2.01. The van der Waals surface area contributed by atoms with Crippen molar-refractivity contribution in [2.75, 3.05) is 34.9 Å². The summed E-state index contributed by atoms with van der Waals surface area (Å²) in [6.45, 7) is 0.0449. The van der Waals surface area contributed by atoms with E-state index in [9.17, 15) is 24.4 Å². The minimum absolute atomic E-state index is 0.00786. The lowest BCUT2D eigenvalue weighted by Gasteiger charge is -2.40. The molecule has 1 saturated carbocycles. The Morgan fingerprint density at radius 3 is 2.37 bits per heavy atom. The van der Waals surface area contributed by atoms with Gasteiger partial charge in [0.05, 0.1) is 32.1 Å². The fourth-order valence-corrected chi connectivity index (χ4v) is 6.14. The second kappa shape index (κ2) is 17.8. The molecular weight excluding hydrogens is 614 g/mol. The lowest BCUT2D eigenvalue weighted by Crippen LogP contribution is -2.56. The van der Waals surface area contributed by atoms with Gasteiger partial charge in [0.2, 0.25) is 17.7 Å². The Labute approximate surface area is 275 Å². The van der Waals surface area contributed by atoms with Gasteiger partial charge < -0.3 is 35.5 Å². The Bertz CT molecular complexity index is 1330. The highest BCUT2D eigenvalue weighted by Crippen LogP contribution is 2.26. The minimum Gasteiger partial charge on any atom is -0.619 e. The molecule has 12 nitrogen and oxygen atoms in total. The summed E-state index contributed by atoms with van der Waals surface area (Å²) in [5, 5.41) is 16.1. The monoisotopic (exact) mass is 659 g/mol. The van der Waals surface area contributed by atoms with Gasteiger partial charge in [-0.1, -0.05) is 42.6 Å². The molecule has 0 unspecified atom stereocenters. The van der Waals surface area contributed by atoms with Crippen LogP contribution in [0.15, 0.2) is 48.7 Å². The molecule has 46 heavy (non-hydrogen) atoms. The molecule has 0 radical (unpaired) electrons. The molecule has 1 aromatic heterocycles. The number of likely N-dealkylation sites (N-methyl/N-ethyl adjacent to an activating group) is 2. The normalized spacial score (nSPS) is 18.1. The first kappa shape index (κ1) is 36.7. The molecule has 13 heteroatoms. The summed E-state index contributed by atoms with van der Waals surface area (Å²) in [7, 11) is 6.02. The van der Waals surface area contributed by atoms with E-state index in [-0.39, 0.29) is 55.7 Å². The summed E-state index contributed by atoms with van der Waals surface area (Å²) in [6, 6.07) is 10.1. The van der Waals surface area contributed by atoms with Crippen LogP contribution in [0.2, 0.25) is 5.02 Å². The van der Waals surface area contributed by atoms with E-state index in [2.05, 4.69) is 5.32 Å². The second-order valence-electron chi connectivity index (χ2n) is 11.9. The summed E-state index contributed by atoms with van der Waals surface area (Å²) in [4.78, 5) is 55.9. The maximum absolute atomic E-state index is 13.8. The number of nitrogens with two attached hydrogens (primary N) is 1. The molecule has 1 aliphatic carbocycles. The number of benzene rings is 1. The summed E-state index contributed by atoms with van der Waals surface area (Å²) < 4.78 is 10.6. The third-order valence-corrected chi connectivity index (χ3v) is 8.89. The van der Waals surface area contributed by atoms with E-state index >= 15 is 0 Å². The lowest BCUT2D eigenvalue weighted by molar-refractivity contribution is -0.614. The van der Waals surface area contributed by atoms with Gasteiger partial charge in [0.15, 0.2) is 11.9 Å². The van der Waals surface area contributed by atoms with Gasteiger partial charge in [0, 0.05) is 63.3 Å². The number of aromatic nitrogens is 1. The molecule has 252 valence electrons. The SMILES string of the molecule is COC[C@H](N)C(=O)N(C)[C@H](CC(=O)N[C@H]1CCCC[C@@H]1N(C)C(=O)[C@@H](CC(=O)OC)Cc1cccc[n+]1[O-])Cc1ccc(Cl)cc1. The molecule has 1 aromatic carbocycles. The van der Waals surface area contributed by atoms with E-state index in [4.69, 9.17) is 26.8 Å². The average molecular weight is 660 g/mol. The molecule has 3 rings (SSSR count). The van der Waals surface area contributed by atoms with Crippen molar-refractivity contribution in [1.82, 2.24) is 15.1 Å². The van der Waals surface area contributed by atoms with E-state index in [0.29, 0.717) is 34.7 Å². The maximum Gasteiger partial charge on any atom is 0.306 e. The van der Waals surface area contributed by atoms with Gasteiger partial charge in [-0.2, -0.15) is 4.73 Å². The highest BCUT2D eigenvalue weighted by atomic mass is 35.5. The van der Waals surface area contributed by atoms with Gasteiger partial charge >= 0.3 is 5.97 Å². The van der Waals surface area contributed by atoms with Crippen LogP contribution in [-0.2, 0) is 41.5 Å². The van der Waals surface area contributed by atoms with Crippen LogP contribution in [0.4, 0.5) is 0 Å². The average Bonchev–Trinajstić information content (AvgIpc) is 3.05. The van der Waals surface area contributed by atoms with Crippen molar-refractivity contribution in [2.45, 2.75) is 75.5 Å². The number of carbonyl (C=O) groups excluding carboxylic acids is 4. The van der Waals surface area contributed by atoms with Gasteiger partial charge in [-0.05, 0) is 37.0 Å². The number of methoxy groups -OCH3 is 2. The Morgan fingerprint density at radius 2 is 1.72 bits per heavy atom. The molecule has 0 aliphatic heterocycles. The van der Waals surface area contributed by atoms with Crippen LogP contribution in [0.25, 0.3) is 0 Å². The topological polar surface area (TPSA) is 158 Å². The highest BCUT2D eigenvalue weighted by Gasteiger charge is 2.37. The Hall–Kier alpha value is -3.74. The van der Waals surface area contributed by atoms with Crippen molar-refractivity contribution in [1.29, 1.82) is 0 Å². The molecule has 3 amide bonds. The van der Waals surface area contributed by atoms with E-state index in [1.165, 1.54) is 25.3 Å². The molecule has 1 fully saturated rings. The fourth-order valence-electron chi connectivity index (χ4n) is 6.01. The number of nitrogens with one attached hydrogen (secondary N) is 1. The quantitative estimate of drug-likeness (QED) is 0.167. The molecule has 5 atom stereocenters. The predicted molar refractivity (Wildman–Crippen MR) is 172 cm³/mol. The number of esters is 1. The summed E-state index contributed by atoms with van der Waals surface area (Å²) in [6.07, 6.45) is 4.68. The third kappa shape index (κ3) is 10.4. The number of carbonyl (C=O) groups is 4. The van der Waals surface area contributed by atoms with Crippen molar-refractivity contribution >= 4 is 35.3 Å². The Balaban J connectivity index is 1.77. The molecule has 0 spiro atoms. The van der Waals surface area contributed by atoms with Crippen molar-refractivity contribution in [2.24, 2.45) is 11.7 Å². The number of halogens is 1. The van der Waals surface area contributed by atoms with Gasteiger partial charge in [-0.25, -0.2) is 0 Å². The Morgan fingerprint density at radius 1 is 1.02 bits per heavy atom. The second-order valence-corrected chi connectivity index (χ2v) is 12.3. The number of ether oxygens (including phenoxy) is 2. The van der Waals surface area contributed by atoms with Gasteiger partial charge in [0.1, 0.15) is 6.04 Å². The van der Waals surface area contributed by atoms with Crippen molar-refractivity contribution in [3.8, 4) is 0 Å². The molecule has 1 aliphatic rings. The van der Waals surface area contributed by atoms with Gasteiger partial charge in [0.25, 0.3) is 0 Å². The van der Waals surface area contributed by atoms with E-state index < -0.39 is 24.0 Å². The largest absolute Gasteiger partial charge is 0.619 e. The van der Waals surface area contributed by atoms with Crippen LogP contribution in [-0.4, -0.2) is 92.6 Å². The molecule has 2 aromatic rings. The van der Waals surface area contributed by atoms with E-state index in [1.807, 2.05) is 12.1 Å². The smallest absolute Gasteiger partial charge is 0.306 e. The van der Waals surface area contributed by atoms with Crippen LogP contribution >= 0.6 is 11.6 Å². The number of amides is 3. The first-order valence-electron chi connectivity index (χ1n) is 15.5. The third-order valence-electron chi connectivity index (χ3n) is 8.64. The van der Waals surface area contributed by atoms with Crippen LogP contribution in [0, 0.1) is 11.1 Å². The number of hydrogen-bond donors (Lipinski definition) is 2. The van der Waals surface area contributed by atoms with E-state index in [0.717, 1.165) is 18.4 Å². The summed E-state index contributed by atoms with van der Waals surface area (Å²) in [5.41, 5.74) is 7.30. The molecular formula is C33H46ClN5O7. The minimum atomic E-state index is -0.877. The van der Waals surface area contributed by atoms with Crippen LogP contribution in [0.3, 0.4) is 0 Å². The van der Waals surface area contributed by atoms with Crippen LogP contribution in [0.5, 0.6) is 0 Å². The zero-order valence-electron chi connectivity index (χ0n) is 27.0. The van der Waals surface area contributed by atoms with Crippen molar-refractivity contribution < 1.29 is 33.4 Å². The standard InChI is InChI=1S/C33H46ClN5O7/c1-37(33(43)27(35)21-45-3)26(17-22-12-14-24(34)15-13-22)20-30(40)36-28-10-5-6-11-29(28)38(2)32(42)23(19-31(41)46-4)18-25-9-7-8-16-39(25)44/h7-9,12-16,23,26-29H,5-6,10-11,17-21,35H2,1-4H3,(H,36,40)/t23-,26+,27+,28+,29+/m1/s1. The van der Waals surface area contributed by atoms with Crippen LogP contribution in [0.1, 0.15) is 49.8 Å². The maximum atomic E-state index is 13.8. The van der Waals surface area contributed by atoms with Gasteiger partial charge in [-0.3, -0.25) is 19.2 Å². The summed E-state index contributed by atoms with van der Waals surface area (Å²) in [5.74, 6) is -2.29. The first-order chi connectivity index (χ1) is 21.9. The molecule has 0 saturated heterocycles. The van der Waals surface area contributed by atoms with E-state index in [1.54, 1.807) is 49.3 Å². The Kier molecular flexibility index (Phi) is 14.2. The zero-order valence-corrected chi connectivity index (χ0v) is 27.8. The van der Waals surface area contributed by atoms with Gasteiger partial charge in [-0.15, -0.1) is 0 Å². The van der Waals surface area contributed by atoms with Crippen LogP contribution < -0.4 is 15.8 Å². The number of hydrogen-bond acceptors (Lipinski definition) is 8. The zero-order chi connectivity index (χ0) is 33.8.